The third kappa shape index (κ3) is 2.85. The summed E-state index contributed by atoms with van der Waals surface area (Å²) in [4.78, 5) is 2.25. The van der Waals surface area contributed by atoms with E-state index >= 15 is 0 Å². The third-order valence-electron chi connectivity index (χ3n) is 2.60. The van der Waals surface area contributed by atoms with Gasteiger partial charge in [-0.1, -0.05) is 17.8 Å². The predicted octanol–water partition coefficient (Wildman–Crippen LogP) is 4.03. The lowest BCUT2D eigenvalue weighted by Gasteiger charge is -2.05. The molecule has 2 nitrogen and oxygen atoms in total. The Labute approximate surface area is 111 Å². The van der Waals surface area contributed by atoms with Crippen molar-refractivity contribution in [2.45, 2.75) is 16.7 Å². The van der Waals surface area contributed by atoms with Crippen LogP contribution in [0.15, 0.2) is 52.3 Å². The summed E-state index contributed by atoms with van der Waals surface area (Å²) in [5.74, 6) is 0.852. The van der Waals surface area contributed by atoms with Crippen molar-refractivity contribution in [3.63, 3.8) is 0 Å². The maximum absolute atomic E-state index is 8.89. The van der Waals surface area contributed by atoms with Crippen molar-refractivity contribution >= 4 is 11.8 Å². The smallest absolute Gasteiger partial charge is 0.119 e. The first-order valence-corrected chi connectivity index (χ1v) is 6.37. The summed E-state index contributed by atoms with van der Waals surface area (Å²) in [7, 11) is 1.66. The highest BCUT2D eigenvalue weighted by molar-refractivity contribution is 7.99. The molecule has 0 spiro atoms. The Hall–Kier alpha value is -1.92. The van der Waals surface area contributed by atoms with E-state index in [1.54, 1.807) is 18.9 Å². The molecule has 0 unspecified atom stereocenters. The molecule has 0 aliphatic carbocycles. The summed E-state index contributed by atoms with van der Waals surface area (Å²) in [6.45, 7) is 1.95. The molecule has 2 aromatic rings. The quantitative estimate of drug-likeness (QED) is 0.830. The number of rotatable bonds is 3. The van der Waals surface area contributed by atoms with Gasteiger partial charge >= 0.3 is 0 Å². The van der Waals surface area contributed by atoms with Gasteiger partial charge in [-0.3, -0.25) is 0 Å². The Morgan fingerprint density at radius 2 is 1.89 bits per heavy atom. The third-order valence-corrected chi connectivity index (χ3v) is 3.57. The van der Waals surface area contributed by atoms with E-state index in [0.717, 1.165) is 26.7 Å². The zero-order valence-corrected chi connectivity index (χ0v) is 11.1. The van der Waals surface area contributed by atoms with Crippen LogP contribution in [0.4, 0.5) is 0 Å². The van der Waals surface area contributed by atoms with E-state index in [0.29, 0.717) is 0 Å². The number of benzene rings is 2. The van der Waals surface area contributed by atoms with Crippen LogP contribution in [0.3, 0.4) is 0 Å². The monoisotopic (exact) mass is 255 g/mol. The van der Waals surface area contributed by atoms with Gasteiger partial charge in [0.15, 0.2) is 0 Å². The Morgan fingerprint density at radius 3 is 2.56 bits per heavy atom. The Morgan fingerprint density at radius 1 is 1.11 bits per heavy atom. The number of hydrogen-bond donors (Lipinski definition) is 0. The summed E-state index contributed by atoms with van der Waals surface area (Å²) in [6.07, 6.45) is 0. The standard InChI is InChI=1S/C15H13NOS/c1-11-8-15(7-6-12(11)10-16)18-14-5-3-4-13(9-14)17-2/h3-9H,1-2H3. The van der Waals surface area contributed by atoms with Crippen LogP contribution in [-0.2, 0) is 0 Å². The van der Waals surface area contributed by atoms with Gasteiger partial charge in [-0.25, -0.2) is 0 Å². The van der Waals surface area contributed by atoms with Gasteiger partial charge in [-0.2, -0.15) is 5.26 Å². The molecule has 0 saturated carbocycles. The Kier molecular flexibility index (Phi) is 3.91. The molecule has 0 bridgehead atoms. The zero-order valence-electron chi connectivity index (χ0n) is 10.3. The van der Waals surface area contributed by atoms with Crippen molar-refractivity contribution in [3.05, 3.63) is 53.6 Å². The number of hydrogen-bond acceptors (Lipinski definition) is 3. The maximum atomic E-state index is 8.89. The van der Waals surface area contributed by atoms with Gasteiger partial charge in [0.25, 0.3) is 0 Å². The summed E-state index contributed by atoms with van der Waals surface area (Å²) < 4.78 is 5.20. The molecule has 0 aliphatic heterocycles. The van der Waals surface area contributed by atoms with Crippen molar-refractivity contribution in [2.75, 3.05) is 7.11 Å². The van der Waals surface area contributed by atoms with Crippen LogP contribution in [0, 0.1) is 18.3 Å². The molecule has 0 N–H and O–H groups in total. The molecule has 0 saturated heterocycles. The van der Waals surface area contributed by atoms with Crippen LogP contribution in [0.2, 0.25) is 0 Å². The highest BCUT2D eigenvalue weighted by Gasteiger charge is 2.02. The molecule has 0 amide bonds. The van der Waals surface area contributed by atoms with Gasteiger partial charge in [0.2, 0.25) is 0 Å². The first-order chi connectivity index (χ1) is 8.72. The molecular formula is C15H13NOS. The lowest BCUT2D eigenvalue weighted by Crippen LogP contribution is -1.84. The Balaban J connectivity index is 2.23. The Bertz CT molecular complexity index is 602. The number of nitriles is 1. The van der Waals surface area contributed by atoms with Crippen LogP contribution in [0.5, 0.6) is 5.75 Å². The normalized spacial score (nSPS) is 9.83. The topological polar surface area (TPSA) is 33.0 Å². The van der Waals surface area contributed by atoms with E-state index < -0.39 is 0 Å². The van der Waals surface area contributed by atoms with Crippen LogP contribution in [-0.4, -0.2) is 7.11 Å². The van der Waals surface area contributed by atoms with Crippen LogP contribution >= 0.6 is 11.8 Å². The van der Waals surface area contributed by atoms with Gasteiger partial charge in [-0.05, 0) is 48.9 Å². The average molecular weight is 255 g/mol. The minimum atomic E-state index is 0.727. The van der Waals surface area contributed by atoms with E-state index in [2.05, 4.69) is 6.07 Å². The molecule has 0 aliphatic rings. The van der Waals surface area contributed by atoms with E-state index in [4.69, 9.17) is 10.00 Å². The molecular weight excluding hydrogens is 242 g/mol. The molecule has 0 fully saturated rings. The average Bonchev–Trinajstić information content (AvgIpc) is 2.39. The molecule has 0 heterocycles. The minimum Gasteiger partial charge on any atom is -0.497 e. The molecule has 18 heavy (non-hydrogen) atoms. The molecule has 3 heteroatoms. The fourth-order valence-electron chi connectivity index (χ4n) is 1.63. The lowest BCUT2D eigenvalue weighted by atomic mass is 10.1. The highest BCUT2D eigenvalue weighted by Crippen LogP contribution is 2.30. The SMILES string of the molecule is COc1cccc(Sc2ccc(C#N)c(C)c2)c1. The minimum absolute atomic E-state index is 0.727. The first-order valence-electron chi connectivity index (χ1n) is 5.55. The molecule has 2 rings (SSSR count). The first kappa shape index (κ1) is 12.5. The van der Waals surface area contributed by atoms with E-state index in [9.17, 15) is 0 Å². The number of methoxy groups -OCH3 is 1. The van der Waals surface area contributed by atoms with E-state index in [1.165, 1.54) is 0 Å². The second-order valence-electron chi connectivity index (χ2n) is 3.87. The summed E-state index contributed by atoms with van der Waals surface area (Å²) in [6, 6.07) is 16.0. The van der Waals surface area contributed by atoms with Crippen molar-refractivity contribution in [1.29, 1.82) is 5.26 Å². The van der Waals surface area contributed by atoms with Crippen molar-refractivity contribution in [1.82, 2.24) is 0 Å². The highest BCUT2D eigenvalue weighted by atomic mass is 32.2. The molecule has 2 aromatic carbocycles. The second kappa shape index (κ2) is 5.61. The van der Waals surface area contributed by atoms with Crippen LogP contribution in [0.1, 0.15) is 11.1 Å². The van der Waals surface area contributed by atoms with Gasteiger partial charge < -0.3 is 4.74 Å². The molecule has 0 aromatic heterocycles. The van der Waals surface area contributed by atoms with Crippen molar-refractivity contribution in [3.8, 4) is 11.8 Å². The summed E-state index contributed by atoms with van der Waals surface area (Å²) in [5.41, 5.74) is 1.73. The fourth-order valence-corrected chi connectivity index (χ4v) is 2.59. The second-order valence-corrected chi connectivity index (χ2v) is 5.02. The van der Waals surface area contributed by atoms with Gasteiger partial charge in [-0.15, -0.1) is 0 Å². The van der Waals surface area contributed by atoms with E-state index in [1.807, 2.05) is 49.4 Å². The van der Waals surface area contributed by atoms with Crippen molar-refractivity contribution in [2.24, 2.45) is 0 Å². The lowest BCUT2D eigenvalue weighted by molar-refractivity contribution is 0.413. The number of ether oxygens (including phenoxy) is 1. The van der Waals surface area contributed by atoms with Crippen LogP contribution < -0.4 is 4.74 Å². The van der Waals surface area contributed by atoms with Crippen molar-refractivity contribution < 1.29 is 4.74 Å². The van der Waals surface area contributed by atoms with Gasteiger partial charge in [0.05, 0.1) is 18.7 Å². The molecule has 0 atom stereocenters. The zero-order chi connectivity index (χ0) is 13.0. The summed E-state index contributed by atoms with van der Waals surface area (Å²) in [5, 5.41) is 8.89. The molecule has 0 radical (unpaired) electrons. The van der Waals surface area contributed by atoms with Gasteiger partial charge in [0.1, 0.15) is 5.75 Å². The molecule has 90 valence electrons. The number of nitrogens with zero attached hydrogens (tertiary/aromatic N) is 1. The maximum Gasteiger partial charge on any atom is 0.119 e. The van der Waals surface area contributed by atoms with Gasteiger partial charge in [0, 0.05) is 9.79 Å². The van der Waals surface area contributed by atoms with E-state index in [-0.39, 0.29) is 0 Å². The predicted molar refractivity (Wildman–Crippen MR) is 73.0 cm³/mol. The van der Waals surface area contributed by atoms with Crippen LogP contribution in [0.25, 0.3) is 0 Å². The largest absolute Gasteiger partial charge is 0.497 e. The number of aryl methyl sites for hydroxylation is 1. The summed E-state index contributed by atoms with van der Waals surface area (Å²) >= 11 is 1.66. The fraction of sp³-hybridized carbons (Fsp3) is 0.133.